The summed E-state index contributed by atoms with van der Waals surface area (Å²) in [5, 5.41) is 0. The van der Waals surface area contributed by atoms with Crippen molar-refractivity contribution in [2.24, 2.45) is 0 Å². The smallest absolute Gasteiger partial charge is 0.564 e. The topological polar surface area (TPSA) is 242 Å². The summed E-state index contributed by atoms with van der Waals surface area (Å²) in [6, 6.07) is 0. The lowest BCUT2D eigenvalue weighted by molar-refractivity contribution is 0.226. The lowest BCUT2D eigenvalue weighted by Gasteiger charge is -2.06. The van der Waals surface area contributed by atoms with E-state index in [2.05, 4.69) is 0 Å². The first-order valence-electron chi connectivity index (χ1n) is 2.27. The third-order valence-corrected chi connectivity index (χ3v) is 0. The van der Waals surface area contributed by atoms with E-state index in [4.69, 9.17) is 56.7 Å². The van der Waals surface area contributed by atoms with Crippen LogP contribution in [-0.2, 0) is 10.4 Å². The van der Waals surface area contributed by atoms with Crippen LogP contribution in [0.3, 0.4) is 0 Å². The van der Waals surface area contributed by atoms with E-state index in [1.54, 1.807) is 0 Å². The summed E-state index contributed by atoms with van der Waals surface area (Å²) in [5.41, 5.74) is 0. The van der Waals surface area contributed by atoms with Gasteiger partial charge in [0.25, 0.3) is 0 Å². The van der Waals surface area contributed by atoms with Crippen LogP contribution in [0.2, 0.25) is 0 Å². The number of rotatable bonds is 0. The molecule has 0 heterocycles. The molecule has 0 aliphatic heterocycles. The molecule has 0 aliphatic carbocycles. The number of hydrogen-bond acceptors (Lipinski definition) is 12. The van der Waals surface area contributed by atoms with Gasteiger partial charge in [-0.05, 0) is 0 Å². The van der Waals surface area contributed by atoms with Crippen LogP contribution in [0.15, 0.2) is 0 Å². The third-order valence-electron chi connectivity index (χ3n) is 0. The lowest BCUT2D eigenvalue weighted by atomic mass is 15.7. The highest BCUT2D eigenvalue weighted by Gasteiger charge is 2.24. The molecular weight excluding hydrogens is 286 g/mol. The van der Waals surface area contributed by atoms with Gasteiger partial charge in [-0.3, -0.25) is 8.42 Å². The van der Waals surface area contributed by atoms with E-state index >= 15 is 0 Å². The third kappa shape index (κ3) is 13200. The van der Waals surface area contributed by atoms with Gasteiger partial charge in [0.1, 0.15) is 0 Å². The maximum absolute atomic E-state index is 8.52. The largest absolute Gasteiger partial charge is 0.759 e. The van der Waals surface area contributed by atoms with Crippen molar-refractivity contribution in [3.05, 3.63) is 0 Å². The van der Waals surface area contributed by atoms with Crippen molar-refractivity contribution in [3.8, 4) is 0 Å². The molecule has 12 nitrogen and oxygen atoms in total. The molecule has 0 bridgehead atoms. The zero-order chi connectivity index (χ0) is 13.5. The molecule has 0 aromatic rings. The maximum atomic E-state index is 8.52. The van der Waals surface area contributed by atoms with Gasteiger partial charge in [-0.2, -0.15) is 39.1 Å². The van der Waals surface area contributed by atoms with E-state index in [0.29, 0.717) is 0 Å². The molecule has 0 unspecified atom stereocenters. The molecule has 0 saturated carbocycles. The van der Waals surface area contributed by atoms with Crippen LogP contribution in [0.4, 0.5) is 0 Å². The van der Waals surface area contributed by atoms with Crippen LogP contribution >= 0.6 is 16.3 Å². The van der Waals surface area contributed by atoms with Crippen molar-refractivity contribution in [2.75, 3.05) is 0 Å². The fourth-order valence-electron chi connectivity index (χ4n) is 0. The lowest BCUT2D eigenvalue weighted by Crippen LogP contribution is -1.91. The van der Waals surface area contributed by atoms with E-state index in [0.717, 1.165) is 0 Å². The van der Waals surface area contributed by atoms with Gasteiger partial charge < -0.3 is 9.11 Å². The Morgan fingerprint density at radius 3 is 0.667 bits per heavy atom. The molecular formula is H8O12P2S. The average Bonchev–Trinajstić information content (AvgIpc) is 1.41. The van der Waals surface area contributed by atoms with Crippen LogP contribution in [0.25, 0.3) is 0 Å². The van der Waals surface area contributed by atoms with Crippen LogP contribution in [0.5, 0.6) is 0 Å². The summed E-state index contributed by atoms with van der Waals surface area (Å²) in [6.45, 7) is 0. The summed E-state index contributed by atoms with van der Waals surface area (Å²) < 4.78 is 34.1. The van der Waals surface area contributed by atoms with Gasteiger partial charge in [0.2, 0.25) is 0 Å². The Bertz CT molecular complexity index is 193. The first-order chi connectivity index (χ1) is 6.00. The zero-order valence-electron chi connectivity index (χ0n) is 6.51. The van der Waals surface area contributed by atoms with E-state index < -0.39 is 26.7 Å². The Morgan fingerprint density at radius 2 is 0.667 bits per heavy atom. The molecule has 0 radical (unpaired) electrons. The maximum Gasteiger partial charge on any atom is 0.564 e. The minimum absolute atomic E-state index is 4.39. The van der Waals surface area contributed by atoms with E-state index in [9.17, 15) is 0 Å². The predicted molar refractivity (Wildman–Crippen MR) is 42.1 cm³/mol. The molecule has 0 rings (SSSR count). The highest BCUT2D eigenvalue weighted by Crippen LogP contribution is 2.37. The van der Waals surface area contributed by atoms with E-state index in [1.165, 1.54) is 0 Å². The van der Waals surface area contributed by atoms with Gasteiger partial charge in [0, 0.05) is 10.4 Å². The highest BCUT2D eigenvalue weighted by molar-refractivity contribution is 7.79. The molecule has 0 aliphatic rings. The summed E-state index contributed by atoms with van der Waals surface area (Å²) in [5.74, 6) is 0. The standard InChI is InChI=1S/2H4O4P.H2O4S/c3*1-5(2,3)4/h2*1-4H;(H2,1,2,3,4)/q2*+1;/p-2. The minimum atomic E-state index is -5.17. The molecule has 0 saturated heterocycles. The Hall–Kier alpha value is 0.410. The van der Waals surface area contributed by atoms with Gasteiger partial charge in [0.05, 0.1) is 0 Å². The molecule has 96 valence electrons. The fraction of sp³-hybridized carbons (Fsp3) is 0. The molecule has 0 atom stereocenters. The summed E-state index contributed by atoms with van der Waals surface area (Å²) in [7, 11) is -13.9. The monoisotopic (exact) mass is 294 g/mol. The first-order valence-corrected chi connectivity index (χ1v) is 6.80. The summed E-state index contributed by atoms with van der Waals surface area (Å²) in [4.78, 5) is 58.4. The molecule has 0 aromatic heterocycles. The van der Waals surface area contributed by atoms with Crippen LogP contribution < -0.4 is 0 Å². The van der Waals surface area contributed by atoms with Crippen LogP contribution in [0, 0.1) is 0 Å². The van der Waals surface area contributed by atoms with Crippen LogP contribution in [-0.4, -0.2) is 56.7 Å². The van der Waals surface area contributed by atoms with Crippen molar-refractivity contribution >= 4 is 26.7 Å². The summed E-state index contributed by atoms with van der Waals surface area (Å²) >= 11 is 0. The van der Waals surface area contributed by atoms with Crippen molar-refractivity contribution < 1.29 is 56.7 Å². The average molecular weight is 294 g/mol. The van der Waals surface area contributed by atoms with Crippen molar-refractivity contribution in [2.45, 2.75) is 0 Å². The molecule has 8 N–H and O–H groups in total. The molecule has 0 amide bonds. The first kappa shape index (κ1) is 20.8. The van der Waals surface area contributed by atoms with Gasteiger partial charge in [-0.15, -0.1) is 0 Å². The molecule has 0 fully saturated rings. The van der Waals surface area contributed by atoms with Gasteiger partial charge in [0.15, 0.2) is 0 Å². The highest BCUT2D eigenvalue weighted by atomic mass is 32.3. The van der Waals surface area contributed by atoms with Crippen LogP contribution in [0.1, 0.15) is 0 Å². The molecule has 15 heteroatoms. The second-order valence-corrected chi connectivity index (χ2v) is 4.44. The normalized spacial score (nSPS) is 11.9. The second-order valence-electron chi connectivity index (χ2n) is 1.48. The van der Waals surface area contributed by atoms with Gasteiger partial charge in [-0.1, -0.05) is 0 Å². The fourth-order valence-corrected chi connectivity index (χ4v) is 0. The van der Waals surface area contributed by atoms with Crippen molar-refractivity contribution in [1.29, 1.82) is 0 Å². The minimum Gasteiger partial charge on any atom is -0.759 e. The second kappa shape index (κ2) is 7.65. The van der Waals surface area contributed by atoms with Gasteiger partial charge in [-0.25, -0.2) is 0 Å². The van der Waals surface area contributed by atoms with E-state index in [1.807, 2.05) is 0 Å². The van der Waals surface area contributed by atoms with E-state index in [-0.39, 0.29) is 0 Å². The number of hydrogen-bond donors (Lipinski definition) is 8. The Morgan fingerprint density at radius 1 is 0.667 bits per heavy atom. The zero-order valence-corrected chi connectivity index (χ0v) is 9.12. The van der Waals surface area contributed by atoms with Gasteiger partial charge >= 0.3 is 16.3 Å². The molecule has 0 spiro atoms. The molecule has 15 heavy (non-hydrogen) atoms. The quantitative estimate of drug-likeness (QED) is 0.121. The predicted octanol–water partition coefficient (Wildman–Crippen LogP) is -4.07. The van der Waals surface area contributed by atoms with Crippen molar-refractivity contribution in [3.63, 3.8) is 0 Å². The SMILES string of the molecule is O=S(=O)([O-])[O-].O[P+](O)(O)O.O[P+](O)(O)O. The van der Waals surface area contributed by atoms with Crippen molar-refractivity contribution in [1.82, 2.24) is 0 Å². The summed E-state index contributed by atoms with van der Waals surface area (Å²) in [6.07, 6.45) is 0. The Kier molecular flexibility index (Phi) is 10.6. The Labute approximate surface area is 84.2 Å². The molecule has 0 aromatic carbocycles. The Balaban J connectivity index is -0.000000144.